The second-order valence-corrected chi connectivity index (χ2v) is 4.27. The van der Waals surface area contributed by atoms with Crippen LogP contribution in [0.25, 0.3) is 0 Å². The van der Waals surface area contributed by atoms with Gasteiger partial charge in [-0.2, -0.15) is 0 Å². The Morgan fingerprint density at radius 3 is 2.94 bits per heavy atom. The molecule has 0 spiro atoms. The zero-order valence-electron chi connectivity index (χ0n) is 10.2. The van der Waals surface area contributed by atoms with E-state index in [1.54, 1.807) is 4.90 Å². The smallest absolute Gasteiger partial charge is 0.410 e. The normalized spacial score (nSPS) is 19.6. The molecule has 1 aromatic rings. The maximum Gasteiger partial charge on any atom is 0.410 e. The topological polar surface area (TPSA) is 61.8 Å². The third-order valence-corrected chi connectivity index (χ3v) is 3.00. The van der Waals surface area contributed by atoms with Crippen molar-refractivity contribution in [1.29, 1.82) is 0 Å². The molecule has 0 aromatic heterocycles. The van der Waals surface area contributed by atoms with Gasteiger partial charge in [0.2, 0.25) is 0 Å². The van der Waals surface area contributed by atoms with Crippen LogP contribution >= 0.6 is 0 Å². The molecule has 2 rings (SSSR count). The van der Waals surface area contributed by atoms with E-state index in [1.807, 2.05) is 30.3 Å². The van der Waals surface area contributed by atoms with Gasteiger partial charge < -0.3 is 20.1 Å². The summed E-state index contributed by atoms with van der Waals surface area (Å²) in [7, 11) is 0. The van der Waals surface area contributed by atoms with Crippen LogP contribution in [-0.4, -0.2) is 48.4 Å². The van der Waals surface area contributed by atoms with Gasteiger partial charge in [-0.15, -0.1) is 0 Å². The molecule has 1 saturated heterocycles. The highest BCUT2D eigenvalue weighted by molar-refractivity contribution is 5.68. The van der Waals surface area contributed by atoms with Gasteiger partial charge in [-0.25, -0.2) is 4.79 Å². The maximum atomic E-state index is 11.9. The van der Waals surface area contributed by atoms with Gasteiger partial charge in [0.1, 0.15) is 6.61 Å². The fourth-order valence-electron chi connectivity index (χ4n) is 1.97. The highest BCUT2D eigenvalue weighted by Gasteiger charge is 2.26. The Kier molecular flexibility index (Phi) is 4.55. The first-order valence-corrected chi connectivity index (χ1v) is 6.10. The number of aliphatic hydroxyl groups is 1. The van der Waals surface area contributed by atoms with Crippen LogP contribution in [0.2, 0.25) is 0 Å². The van der Waals surface area contributed by atoms with Crippen molar-refractivity contribution in [3.05, 3.63) is 35.9 Å². The predicted octanol–water partition coefficient (Wildman–Crippen LogP) is 0.589. The molecular weight excluding hydrogens is 232 g/mol. The van der Waals surface area contributed by atoms with E-state index >= 15 is 0 Å². The van der Waals surface area contributed by atoms with Gasteiger partial charge in [-0.05, 0) is 5.56 Å². The fourth-order valence-corrected chi connectivity index (χ4v) is 1.97. The van der Waals surface area contributed by atoms with Gasteiger partial charge in [-0.1, -0.05) is 30.3 Å². The van der Waals surface area contributed by atoms with Gasteiger partial charge in [-0.3, -0.25) is 0 Å². The monoisotopic (exact) mass is 250 g/mol. The van der Waals surface area contributed by atoms with Crippen molar-refractivity contribution in [1.82, 2.24) is 10.2 Å². The number of nitrogens with zero attached hydrogens (tertiary/aromatic N) is 1. The Labute approximate surface area is 106 Å². The lowest BCUT2D eigenvalue weighted by Crippen LogP contribution is -2.55. The first-order chi connectivity index (χ1) is 8.81. The van der Waals surface area contributed by atoms with Crippen LogP contribution in [-0.2, 0) is 11.3 Å². The number of carbonyl (C=O) groups excluding carboxylic acids is 1. The van der Waals surface area contributed by atoms with E-state index in [-0.39, 0.29) is 25.3 Å². The molecule has 2 N–H and O–H groups in total. The average Bonchev–Trinajstić information content (AvgIpc) is 2.45. The number of hydrogen-bond donors (Lipinski definition) is 2. The Hall–Kier alpha value is -1.59. The largest absolute Gasteiger partial charge is 0.445 e. The number of nitrogens with one attached hydrogen (secondary N) is 1. The number of piperazine rings is 1. The zero-order chi connectivity index (χ0) is 12.8. The highest BCUT2D eigenvalue weighted by atomic mass is 16.6. The molecule has 1 heterocycles. The minimum absolute atomic E-state index is 0.0482. The lowest BCUT2D eigenvalue weighted by molar-refractivity contribution is 0.0551. The van der Waals surface area contributed by atoms with Crippen molar-refractivity contribution in [3.63, 3.8) is 0 Å². The standard InChI is InChI=1S/C13H18N2O3/c16-9-12-8-14-6-7-15(12)13(17)18-10-11-4-2-1-3-5-11/h1-5,12,14,16H,6-10H2/t12-/m1/s1. The number of ether oxygens (including phenoxy) is 1. The lowest BCUT2D eigenvalue weighted by atomic mass is 10.2. The molecule has 1 fully saturated rings. The quantitative estimate of drug-likeness (QED) is 0.824. The molecule has 0 unspecified atom stereocenters. The molecule has 18 heavy (non-hydrogen) atoms. The van der Waals surface area contributed by atoms with Crippen LogP contribution in [0.1, 0.15) is 5.56 Å². The van der Waals surface area contributed by atoms with E-state index in [0.717, 1.165) is 12.1 Å². The van der Waals surface area contributed by atoms with Crippen molar-refractivity contribution in [2.75, 3.05) is 26.2 Å². The third-order valence-electron chi connectivity index (χ3n) is 3.00. The number of hydrogen-bond acceptors (Lipinski definition) is 4. The summed E-state index contributed by atoms with van der Waals surface area (Å²) < 4.78 is 5.25. The summed E-state index contributed by atoms with van der Waals surface area (Å²) in [4.78, 5) is 13.5. The molecule has 1 aromatic carbocycles. The summed E-state index contributed by atoms with van der Waals surface area (Å²) in [6.45, 7) is 2.13. The molecule has 0 saturated carbocycles. The summed E-state index contributed by atoms with van der Waals surface area (Å²) >= 11 is 0. The Morgan fingerprint density at radius 2 is 2.22 bits per heavy atom. The van der Waals surface area contributed by atoms with Crippen molar-refractivity contribution in [3.8, 4) is 0 Å². The van der Waals surface area contributed by atoms with Crippen molar-refractivity contribution in [2.24, 2.45) is 0 Å². The maximum absolute atomic E-state index is 11.9. The summed E-state index contributed by atoms with van der Waals surface area (Å²) in [5.41, 5.74) is 0.960. The van der Waals surface area contributed by atoms with Crippen molar-refractivity contribution < 1.29 is 14.6 Å². The highest BCUT2D eigenvalue weighted by Crippen LogP contribution is 2.08. The summed E-state index contributed by atoms with van der Waals surface area (Å²) in [6.07, 6.45) is -0.362. The van der Waals surface area contributed by atoms with Crippen LogP contribution in [0.15, 0.2) is 30.3 Å². The number of aliphatic hydroxyl groups excluding tert-OH is 1. The molecule has 1 aliphatic heterocycles. The number of carbonyl (C=O) groups is 1. The van der Waals surface area contributed by atoms with E-state index in [1.165, 1.54) is 0 Å². The fraction of sp³-hybridized carbons (Fsp3) is 0.462. The minimum atomic E-state index is -0.362. The minimum Gasteiger partial charge on any atom is -0.445 e. The van der Waals surface area contributed by atoms with Crippen LogP contribution < -0.4 is 5.32 Å². The Morgan fingerprint density at radius 1 is 1.44 bits per heavy atom. The molecule has 1 aliphatic rings. The molecule has 5 heteroatoms. The van der Waals surface area contributed by atoms with Gasteiger partial charge in [0.15, 0.2) is 0 Å². The van der Waals surface area contributed by atoms with E-state index in [9.17, 15) is 9.90 Å². The van der Waals surface area contributed by atoms with Crippen molar-refractivity contribution in [2.45, 2.75) is 12.6 Å². The second kappa shape index (κ2) is 6.37. The summed E-state index contributed by atoms with van der Waals surface area (Å²) in [5, 5.41) is 12.3. The van der Waals surface area contributed by atoms with Crippen LogP contribution in [0.4, 0.5) is 4.79 Å². The third kappa shape index (κ3) is 3.21. The average molecular weight is 250 g/mol. The second-order valence-electron chi connectivity index (χ2n) is 4.27. The van der Waals surface area contributed by atoms with Crippen LogP contribution in [0.3, 0.4) is 0 Å². The molecule has 5 nitrogen and oxygen atoms in total. The number of rotatable bonds is 3. The molecule has 1 amide bonds. The van der Waals surface area contributed by atoms with E-state index in [4.69, 9.17) is 4.74 Å². The van der Waals surface area contributed by atoms with Gasteiger partial charge in [0, 0.05) is 19.6 Å². The zero-order valence-corrected chi connectivity index (χ0v) is 10.2. The molecule has 98 valence electrons. The first kappa shape index (κ1) is 12.9. The Balaban J connectivity index is 1.87. The summed E-state index contributed by atoms with van der Waals surface area (Å²) in [5.74, 6) is 0. The molecule has 0 bridgehead atoms. The van der Waals surface area contributed by atoms with Gasteiger partial charge in [0.05, 0.1) is 12.6 Å². The van der Waals surface area contributed by atoms with Gasteiger partial charge >= 0.3 is 6.09 Å². The van der Waals surface area contributed by atoms with Gasteiger partial charge in [0.25, 0.3) is 0 Å². The SMILES string of the molecule is O=C(OCc1ccccc1)N1CCNC[C@@H]1CO. The van der Waals surface area contributed by atoms with Crippen molar-refractivity contribution >= 4 is 6.09 Å². The van der Waals surface area contributed by atoms with E-state index < -0.39 is 0 Å². The molecular formula is C13H18N2O3. The van der Waals surface area contributed by atoms with Crippen LogP contribution in [0.5, 0.6) is 0 Å². The molecule has 0 radical (unpaired) electrons. The van der Waals surface area contributed by atoms with E-state index in [2.05, 4.69) is 5.32 Å². The summed E-state index contributed by atoms with van der Waals surface area (Å²) in [6, 6.07) is 9.36. The Bertz CT molecular complexity index is 383. The lowest BCUT2D eigenvalue weighted by Gasteiger charge is -2.34. The molecule has 0 aliphatic carbocycles. The first-order valence-electron chi connectivity index (χ1n) is 6.10. The van der Waals surface area contributed by atoms with Crippen LogP contribution in [0, 0.1) is 0 Å². The predicted molar refractivity (Wildman–Crippen MR) is 67.1 cm³/mol. The number of amides is 1. The number of benzene rings is 1. The van der Waals surface area contributed by atoms with E-state index in [0.29, 0.717) is 13.1 Å². The molecule has 1 atom stereocenters.